The topological polar surface area (TPSA) is 43.1 Å². The normalized spacial score (nSPS) is 11.1. The first-order valence-corrected chi connectivity index (χ1v) is 3.98. The molecule has 0 heterocycles. The summed E-state index contributed by atoms with van der Waals surface area (Å²) in [5, 5.41) is 0. The van der Waals surface area contributed by atoms with Crippen molar-refractivity contribution in [3.8, 4) is 0 Å². The quantitative estimate of drug-likeness (QED) is 0.549. The summed E-state index contributed by atoms with van der Waals surface area (Å²) < 4.78 is 0. The number of nitrogens with two attached hydrogens (primary N) is 1. The van der Waals surface area contributed by atoms with Gasteiger partial charge in [-0.05, 0) is 5.56 Å². The van der Waals surface area contributed by atoms with Crippen molar-refractivity contribution in [1.29, 1.82) is 0 Å². The van der Waals surface area contributed by atoms with Crippen LogP contribution in [0.3, 0.4) is 0 Å². The molecule has 1 aromatic carbocycles. The molecular formula is C11H11NO. The first-order valence-electron chi connectivity index (χ1n) is 3.98. The highest BCUT2D eigenvalue weighted by Gasteiger charge is 1.81. The summed E-state index contributed by atoms with van der Waals surface area (Å²) in [7, 11) is 0. The number of hydrogen-bond acceptors (Lipinski definition) is 1. The first-order chi connectivity index (χ1) is 6.29. The molecule has 2 nitrogen and oxygen atoms in total. The molecule has 0 saturated heterocycles. The van der Waals surface area contributed by atoms with Crippen LogP contribution in [0.4, 0.5) is 0 Å². The highest BCUT2D eigenvalue weighted by molar-refractivity contribution is 5.86. The van der Waals surface area contributed by atoms with Crippen molar-refractivity contribution < 1.29 is 4.79 Å². The summed E-state index contributed by atoms with van der Waals surface area (Å²) in [5.74, 6) is -0.433. The summed E-state index contributed by atoms with van der Waals surface area (Å²) in [6.07, 6.45) is 6.62. The second kappa shape index (κ2) is 4.93. The van der Waals surface area contributed by atoms with Crippen molar-refractivity contribution in [3.63, 3.8) is 0 Å². The number of primary amides is 1. The maximum atomic E-state index is 10.3. The van der Waals surface area contributed by atoms with Crippen molar-refractivity contribution in [2.45, 2.75) is 0 Å². The number of carbonyl (C=O) groups excluding carboxylic acids is 1. The number of allylic oxidation sites excluding steroid dienone is 2. The minimum Gasteiger partial charge on any atom is -0.366 e. The van der Waals surface area contributed by atoms with Gasteiger partial charge in [0.1, 0.15) is 0 Å². The van der Waals surface area contributed by atoms with E-state index in [-0.39, 0.29) is 0 Å². The number of carbonyl (C=O) groups is 1. The third-order valence-corrected chi connectivity index (χ3v) is 1.46. The maximum Gasteiger partial charge on any atom is 0.241 e. The summed E-state index contributed by atoms with van der Waals surface area (Å²) in [6, 6.07) is 9.83. The van der Waals surface area contributed by atoms with Crippen LogP contribution in [0.1, 0.15) is 5.56 Å². The zero-order chi connectivity index (χ0) is 9.52. The zero-order valence-corrected chi connectivity index (χ0v) is 7.18. The lowest BCUT2D eigenvalue weighted by Crippen LogP contribution is -2.04. The Morgan fingerprint density at radius 1 is 1.15 bits per heavy atom. The molecular weight excluding hydrogens is 162 g/mol. The number of amides is 1. The van der Waals surface area contributed by atoms with Gasteiger partial charge >= 0.3 is 0 Å². The van der Waals surface area contributed by atoms with E-state index in [0.29, 0.717) is 0 Å². The van der Waals surface area contributed by atoms with Crippen LogP contribution in [0, 0.1) is 0 Å². The number of hydrogen-bond donors (Lipinski definition) is 1. The van der Waals surface area contributed by atoms with Crippen molar-refractivity contribution in [2.75, 3.05) is 0 Å². The lowest BCUT2D eigenvalue weighted by atomic mass is 10.2. The third kappa shape index (κ3) is 3.91. The molecule has 0 aliphatic carbocycles. The smallest absolute Gasteiger partial charge is 0.241 e. The maximum absolute atomic E-state index is 10.3. The largest absolute Gasteiger partial charge is 0.366 e. The van der Waals surface area contributed by atoms with Gasteiger partial charge in [0.05, 0.1) is 0 Å². The highest BCUT2D eigenvalue weighted by atomic mass is 16.1. The van der Waals surface area contributed by atoms with E-state index in [2.05, 4.69) is 0 Å². The van der Waals surface area contributed by atoms with E-state index >= 15 is 0 Å². The molecule has 0 aromatic heterocycles. The average molecular weight is 173 g/mol. The molecule has 0 aliphatic heterocycles. The predicted molar refractivity (Wildman–Crippen MR) is 53.8 cm³/mol. The second-order valence-corrected chi connectivity index (χ2v) is 2.53. The van der Waals surface area contributed by atoms with Gasteiger partial charge in [0.15, 0.2) is 0 Å². The molecule has 0 bridgehead atoms. The minimum atomic E-state index is -0.433. The first kappa shape index (κ1) is 9.26. The average Bonchev–Trinajstić information content (AvgIpc) is 2.14. The van der Waals surface area contributed by atoms with Gasteiger partial charge in [0.25, 0.3) is 0 Å². The fraction of sp³-hybridized carbons (Fsp3) is 0. The Bertz CT molecular complexity index is 325. The Balaban J connectivity index is 2.55. The van der Waals surface area contributed by atoms with Crippen LogP contribution in [-0.2, 0) is 4.79 Å². The van der Waals surface area contributed by atoms with E-state index in [0.717, 1.165) is 5.56 Å². The molecule has 0 spiro atoms. The highest BCUT2D eigenvalue weighted by Crippen LogP contribution is 2.00. The lowest BCUT2D eigenvalue weighted by Gasteiger charge is -1.87. The fourth-order valence-corrected chi connectivity index (χ4v) is 0.881. The van der Waals surface area contributed by atoms with Crippen molar-refractivity contribution in [3.05, 3.63) is 54.1 Å². The Hall–Kier alpha value is -1.83. The van der Waals surface area contributed by atoms with Crippen LogP contribution in [0.25, 0.3) is 6.08 Å². The molecule has 1 rings (SSSR count). The Morgan fingerprint density at radius 3 is 2.46 bits per heavy atom. The van der Waals surface area contributed by atoms with Gasteiger partial charge in [0, 0.05) is 6.08 Å². The predicted octanol–water partition coefficient (Wildman–Crippen LogP) is 1.74. The number of benzene rings is 1. The van der Waals surface area contributed by atoms with Crippen LogP contribution >= 0.6 is 0 Å². The van der Waals surface area contributed by atoms with E-state index < -0.39 is 5.91 Å². The van der Waals surface area contributed by atoms with Gasteiger partial charge in [-0.1, -0.05) is 48.6 Å². The molecule has 0 saturated carbocycles. The summed E-state index contributed by atoms with van der Waals surface area (Å²) >= 11 is 0. The van der Waals surface area contributed by atoms with Crippen molar-refractivity contribution in [1.82, 2.24) is 0 Å². The van der Waals surface area contributed by atoms with E-state index in [1.807, 2.05) is 36.4 Å². The molecule has 13 heavy (non-hydrogen) atoms. The van der Waals surface area contributed by atoms with Crippen LogP contribution in [0.15, 0.2) is 48.6 Å². The number of rotatable bonds is 3. The van der Waals surface area contributed by atoms with Crippen LogP contribution < -0.4 is 5.73 Å². The summed E-state index contributed by atoms with van der Waals surface area (Å²) in [5.41, 5.74) is 6.01. The van der Waals surface area contributed by atoms with Gasteiger partial charge in [-0.2, -0.15) is 0 Å². The van der Waals surface area contributed by atoms with Crippen LogP contribution in [0.2, 0.25) is 0 Å². The van der Waals surface area contributed by atoms with Crippen LogP contribution in [0.5, 0.6) is 0 Å². The van der Waals surface area contributed by atoms with Gasteiger partial charge < -0.3 is 5.73 Å². The van der Waals surface area contributed by atoms with Gasteiger partial charge in [-0.3, -0.25) is 4.79 Å². The summed E-state index contributed by atoms with van der Waals surface area (Å²) in [4.78, 5) is 10.3. The van der Waals surface area contributed by atoms with Crippen molar-refractivity contribution >= 4 is 12.0 Å². The minimum absolute atomic E-state index is 0.433. The van der Waals surface area contributed by atoms with Crippen molar-refractivity contribution in [2.24, 2.45) is 5.73 Å². The Morgan fingerprint density at radius 2 is 1.85 bits per heavy atom. The standard InChI is InChI=1S/C11H11NO/c12-11(13)9-5-4-8-10-6-2-1-3-7-10/h1-9H,(H2,12,13)/b8-4+,9-5-. The molecule has 66 valence electrons. The van der Waals surface area contributed by atoms with E-state index in [9.17, 15) is 4.79 Å². The molecule has 2 N–H and O–H groups in total. The summed E-state index contributed by atoms with van der Waals surface area (Å²) in [6.45, 7) is 0. The molecule has 0 aliphatic rings. The Labute approximate surface area is 77.4 Å². The monoisotopic (exact) mass is 173 g/mol. The van der Waals surface area contributed by atoms with Gasteiger partial charge in [-0.15, -0.1) is 0 Å². The molecule has 0 radical (unpaired) electrons. The second-order valence-electron chi connectivity index (χ2n) is 2.53. The Kier molecular flexibility index (Phi) is 3.51. The molecule has 1 amide bonds. The van der Waals surface area contributed by atoms with Crippen LogP contribution in [-0.4, -0.2) is 5.91 Å². The molecule has 2 heteroatoms. The lowest BCUT2D eigenvalue weighted by molar-refractivity contribution is -0.113. The SMILES string of the molecule is NC(=O)/C=C\C=C\c1ccccc1. The molecule has 0 fully saturated rings. The van der Waals surface area contributed by atoms with E-state index in [1.165, 1.54) is 6.08 Å². The molecule has 0 atom stereocenters. The van der Waals surface area contributed by atoms with E-state index in [4.69, 9.17) is 5.73 Å². The molecule has 1 aromatic rings. The van der Waals surface area contributed by atoms with Gasteiger partial charge in [0.2, 0.25) is 5.91 Å². The van der Waals surface area contributed by atoms with Gasteiger partial charge in [-0.25, -0.2) is 0 Å². The zero-order valence-electron chi connectivity index (χ0n) is 7.18. The third-order valence-electron chi connectivity index (χ3n) is 1.46. The molecule has 0 unspecified atom stereocenters. The fourth-order valence-electron chi connectivity index (χ4n) is 0.881. The van der Waals surface area contributed by atoms with E-state index in [1.54, 1.807) is 12.2 Å².